The van der Waals surface area contributed by atoms with Crippen LogP contribution in [0.1, 0.15) is 20.8 Å². The molecule has 0 aromatic rings. The molecule has 1 aliphatic rings. The van der Waals surface area contributed by atoms with E-state index in [4.69, 9.17) is 14.6 Å². The van der Waals surface area contributed by atoms with Gasteiger partial charge in [-0.15, -0.1) is 0 Å². The highest BCUT2D eigenvalue weighted by Gasteiger charge is 1.97. The fourth-order valence-electron chi connectivity index (χ4n) is 0.440. The zero-order valence-corrected chi connectivity index (χ0v) is 8.09. The third-order valence-electron chi connectivity index (χ3n) is 0.744. The maximum Gasteiger partial charge on any atom is 0.0701 e. The van der Waals surface area contributed by atoms with Crippen LogP contribution >= 0.6 is 0 Å². The lowest BCUT2D eigenvalue weighted by molar-refractivity contribution is -0.0334. The molecule has 76 valence electrons. The highest BCUT2D eigenvalue weighted by atomic mass is 16.6. The van der Waals surface area contributed by atoms with Gasteiger partial charge in [0.25, 0.3) is 0 Å². The van der Waals surface area contributed by atoms with Crippen LogP contribution in [-0.2, 0) is 9.47 Å². The van der Waals surface area contributed by atoms with Gasteiger partial charge < -0.3 is 20.1 Å². The van der Waals surface area contributed by atoms with Crippen molar-refractivity contribution in [1.29, 1.82) is 0 Å². The molecule has 1 fully saturated rings. The molecule has 0 aromatic heterocycles. The quantitative estimate of drug-likeness (QED) is 0.569. The van der Waals surface area contributed by atoms with Gasteiger partial charge in [-0.1, -0.05) is 0 Å². The van der Waals surface area contributed by atoms with Gasteiger partial charge in [-0.2, -0.15) is 0 Å². The summed E-state index contributed by atoms with van der Waals surface area (Å²) in [4.78, 5) is 0. The van der Waals surface area contributed by atoms with Gasteiger partial charge in [0.1, 0.15) is 0 Å². The molecule has 0 spiro atoms. The number of rotatable bonds is 0. The zero-order chi connectivity index (χ0) is 8.74. The Balaban J connectivity index is 0. The predicted molar refractivity (Wildman–Crippen MR) is 47.2 cm³/mol. The fourth-order valence-corrected chi connectivity index (χ4v) is 0.440. The van der Waals surface area contributed by atoms with Crippen LogP contribution in [0.5, 0.6) is 0 Å². The molecular formula is C8H20O4. The third kappa shape index (κ3) is 22.5. The molecule has 4 nitrogen and oxygen atoms in total. The van der Waals surface area contributed by atoms with E-state index in [0.717, 1.165) is 26.4 Å². The summed E-state index contributed by atoms with van der Waals surface area (Å²) < 4.78 is 9.89. The molecule has 1 aliphatic heterocycles. The third-order valence-corrected chi connectivity index (χ3v) is 0.744. The van der Waals surface area contributed by atoms with Gasteiger partial charge in [-0.25, -0.2) is 0 Å². The molecular weight excluding hydrogens is 160 g/mol. The molecule has 3 N–H and O–H groups in total. The Labute approximate surface area is 73.8 Å². The first-order valence-corrected chi connectivity index (χ1v) is 3.88. The number of ether oxygens (including phenoxy) is 2. The van der Waals surface area contributed by atoms with Crippen LogP contribution in [0.15, 0.2) is 0 Å². The van der Waals surface area contributed by atoms with Gasteiger partial charge in [0, 0.05) is 0 Å². The van der Waals surface area contributed by atoms with Crippen molar-refractivity contribution in [2.75, 3.05) is 26.4 Å². The van der Waals surface area contributed by atoms with Crippen molar-refractivity contribution in [2.45, 2.75) is 26.4 Å². The van der Waals surface area contributed by atoms with Crippen LogP contribution in [0.2, 0.25) is 0 Å². The molecule has 0 unspecified atom stereocenters. The Morgan fingerprint density at radius 3 is 1.17 bits per heavy atom. The van der Waals surface area contributed by atoms with E-state index in [1.165, 1.54) is 0 Å². The molecule has 0 atom stereocenters. The highest BCUT2D eigenvalue weighted by molar-refractivity contribution is 4.50. The summed E-state index contributed by atoms with van der Waals surface area (Å²) in [6.45, 7) is 8.34. The van der Waals surface area contributed by atoms with Gasteiger partial charge in [0.15, 0.2) is 0 Å². The molecule has 4 heteroatoms. The van der Waals surface area contributed by atoms with Crippen LogP contribution < -0.4 is 0 Å². The van der Waals surface area contributed by atoms with Gasteiger partial charge >= 0.3 is 0 Å². The maximum absolute atomic E-state index is 8.52. The van der Waals surface area contributed by atoms with Crippen molar-refractivity contribution in [1.82, 2.24) is 0 Å². The van der Waals surface area contributed by atoms with E-state index in [9.17, 15) is 0 Å². The minimum atomic E-state index is -0.500. The first-order chi connectivity index (χ1) is 5.00. The Bertz CT molecular complexity index is 66.0. The van der Waals surface area contributed by atoms with Gasteiger partial charge in [-0.05, 0) is 20.8 Å². The van der Waals surface area contributed by atoms with Crippen molar-refractivity contribution < 1.29 is 20.1 Å². The van der Waals surface area contributed by atoms with E-state index in [2.05, 4.69) is 0 Å². The Kier molecular flexibility index (Phi) is 8.97. The van der Waals surface area contributed by atoms with Crippen molar-refractivity contribution >= 4 is 0 Å². The lowest BCUT2D eigenvalue weighted by atomic mass is 10.2. The monoisotopic (exact) mass is 180 g/mol. The molecule has 12 heavy (non-hydrogen) atoms. The maximum atomic E-state index is 8.52. The first-order valence-electron chi connectivity index (χ1n) is 3.88. The van der Waals surface area contributed by atoms with E-state index < -0.39 is 5.60 Å². The zero-order valence-electron chi connectivity index (χ0n) is 8.09. The highest BCUT2D eigenvalue weighted by Crippen LogP contribution is 1.93. The lowest BCUT2D eigenvalue weighted by Gasteiger charge is -2.09. The minimum absolute atomic E-state index is 0. The van der Waals surface area contributed by atoms with Crippen molar-refractivity contribution in [3.63, 3.8) is 0 Å². The second-order valence-corrected chi connectivity index (χ2v) is 3.40. The van der Waals surface area contributed by atoms with E-state index in [-0.39, 0.29) is 5.48 Å². The fraction of sp³-hybridized carbons (Fsp3) is 1.00. The molecule has 0 saturated carbocycles. The van der Waals surface area contributed by atoms with Crippen molar-refractivity contribution in [2.24, 2.45) is 0 Å². The van der Waals surface area contributed by atoms with Crippen LogP contribution in [0.25, 0.3) is 0 Å². The van der Waals surface area contributed by atoms with Crippen molar-refractivity contribution in [3.05, 3.63) is 0 Å². The summed E-state index contributed by atoms with van der Waals surface area (Å²) >= 11 is 0. The summed E-state index contributed by atoms with van der Waals surface area (Å²) in [6, 6.07) is 0. The molecule has 1 heterocycles. The largest absolute Gasteiger partial charge is 0.412 e. The first kappa shape index (κ1) is 14.4. The lowest BCUT2D eigenvalue weighted by Crippen LogP contribution is -2.16. The average molecular weight is 180 g/mol. The summed E-state index contributed by atoms with van der Waals surface area (Å²) in [5.74, 6) is 0. The molecule has 0 radical (unpaired) electrons. The molecule has 0 aromatic carbocycles. The minimum Gasteiger partial charge on any atom is -0.412 e. The van der Waals surface area contributed by atoms with E-state index in [1.54, 1.807) is 20.8 Å². The van der Waals surface area contributed by atoms with Crippen LogP contribution in [0, 0.1) is 0 Å². The van der Waals surface area contributed by atoms with Crippen LogP contribution in [0.4, 0.5) is 0 Å². The van der Waals surface area contributed by atoms with Gasteiger partial charge in [-0.3, -0.25) is 0 Å². The van der Waals surface area contributed by atoms with Gasteiger partial charge in [0.05, 0.1) is 32.0 Å². The molecule has 1 rings (SSSR count). The van der Waals surface area contributed by atoms with E-state index in [0.29, 0.717) is 0 Å². The standard InChI is InChI=1S/C4H8O2.C4H10O.H2O/c1-2-6-4-3-5-1;1-4(2,3)5;/h1-4H2;5H,1-3H3;1H2. The Hall–Kier alpha value is -0.160. The topological polar surface area (TPSA) is 70.2 Å². The SMILES string of the molecule is C1COCCO1.CC(C)(C)O.O. The molecule has 0 amide bonds. The summed E-state index contributed by atoms with van der Waals surface area (Å²) in [5, 5.41) is 8.52. The average Bonchev–Trinajstić information content (AvgIpc) is 1.88. The van der Waals surface area contributed by atoms with Crippen molar-refractivity contribution in [3.8, 4) is 0 Å². The number of hydrogen-bond donors (Lipinski definition) is 1. The van der Waals surface area contributed by atoms with Gasteiger partial charge in [0.2, 0.25) is 0 Å². The van der Waals surface area contributed by atoms with E-state index in [1.807, 2.05) is 0 Å². The second-order valence-electron chi connectivity index (χ2n) is 3.40. The normalized spacial score (nSPS) is 17.0. The summed E-state index contributed by atoms with van der Waals surface area (Å²) in [5.41, 5.74) is -0.500. The summed E-state index contributed by atoms with van der Waals surface area (Å²) in [6.07, 6.45) is 0. The Morgan fingerprint density at radius 2 is 1.08 bits per heavy atom. The Morgan fingerprint density at radius 1 is 0.917 bits per heavy atom. The smallest absolute Gasteiger partial charge is 0.0701 e. The number of aliphatic hydroxyl groups is 1. The van der Waals surface area contributed by atoms with Crippen LogP contribution in [0.3, 0.4) is 0 Å². The predicted octanol–water partition coefficient (Wildman–Crippen LogP) is -0.0143. The number of hydrogen-bond acceptors (Lipinski definition) is 3. The molecule has 0 bridgehead atoms. The molecule has 0 aliphatic carbocycles. The van der Waals surface area contributed by atoms with Crippen LogP contribution in [-0.4, -0.2) is 42.6 Å². The summed E-state index contributed by atoms with van der Waals surface area (Å²) in [7, 11) is 0. The second kappa shape index (κ2) is 7.49. The molecule has 1 saturated heterocycles. The van der Waals surface area contributed by atoms with E-state index >= 15 is 0 Å².